The number of piperidine rings is 1. The van der Waals surface area contributed by atoms with Crippen LogP contribution in [0.15, 0.2) is 55.0 Å². The Balaban J connectivity index is 1.18. The van der Waals surface area contributed by atoms with Gasteiger partial charge in [-0.3, -0.25) is 24.5 Å². The van der Waals surface area contributed by atoms with E-state index in [9.17, 15) is 19.2 Å². The first-order valence-electron chi connectivity index (χ1n) is 11.8. The number of rotatable bonds is 5. The van der Waals surface area contributed by atoms with Crippen LogP contribution in [0.2, 0.25) is 0 Å². The Morgan fingerprint density at radius 2 is 2.05 bits per heavy atom. The minimum absolute atomic E-state index is 0.179. The third-order valence-corrected chi connectivity index (χ3v) is 6.72. The minimum Gasteiger partial charge on any atom is -0.334 e. The maximum Gasteiger partial charge on any atom is 0.276 e. The maximum absolute atomic E-state index is 13.0. The highest BCUT2D eigenvalue weighted by Gasteiger charge is 2.39. The summed E-state index contributed by atoms with van der Waals surface area (Å²) in [6.07, 6.45) is 5.67. The Hall–Kier alpha value is -4.87. The number of imidazole rings is 1. The van der Waals surface area contributed by atoms with Gasteiger partial charge in [0.25, 0.3) is 11.8 Å². The van der Waals surface area contributed by atoms with Crippen LogP contribution in [-0.2, 0) is 22.7 Å². The average molecular weight is 499 g/mol. The van der Waals surface area contributed by atoms with Crippen molar-refractivity contribution in [3.8, 4) is 5.69 Å². The largest absolute Gasteiger partial charge is 0.334 e. The van der Waals surface area contributed by atoms with Crippen molar-refractivity contribution in [2.45, 2.75) is 32.0 Å². The van der Waals surface area contributed by atoms with Crippen LogP contribution >= 0.6 is 0 Å². The lowest BCUT2D eigenvalue weighted by molar-refractivity contribution is -0.136. The Bertz CT molecular complexity index is 1590. The van der Waals surface area contributed by atoms with Crippen LogP contribution in [0.4, 0.5) is 0 Å². The van der Waals surface area contributed by atoms with Gasteiger partial charge in [-0.1, -0.05) is 11.3 Å². The van der Waals surface area contributed by atoms with Crippen LogP contribution in [0.1, 0.15) is 44.9 Å². The number of pyridine rings is 1. The van der Waals surface area contributed by atoms with E-state index in [1.165, 1.54) is 9.58 Å². The summed E-state index contributed by atoms with van der Waals surface area (Å²) < 4.78 is 3.40. The van der Waals surface area contributed by atoms with Crippen LogP contribution in [0, 0.1) is 0 Å². The van der Waals surface area contributed by atoms with Crippen molar-refractivity contribution in [3.63, 3.8) is 0 Å². The number of hydrogen-bond donors (Lipinski definition) is 1. The molecule has 0 aliphatic carbocycles. The standard InChI is InChI=1S/C25H22N8O4/c1-30(13-17-11-26-21-4-2-3-9-31(17)21)25(37)19-14-33(29-28-19)16-5-6-18-15(10-16)12-32(24(18)36)20-7-8-22(34)27-23(20)35/h2-6,9-11,14,20H,7-8,12-13H2,1H3,(H,27,34,35). The first-order valence-corrected chi connectivity index (χ1v) is 11.8. The molecule has 0 saturated carbocycles. The van der Waals surface area contributed by atoms with Gasteiger partial charge in [-0.25, -0.2) is 9.67 Å². The molecule has 5 heterocycles. The van der Waals surface area contributed by atoms with Gasteiger partial charge in [-0.15, -0.1) is 5.10 Å². The topological polar surface area (TPSA) is 135 Å². The molecular formula is C25H22N8O4. The molecule has 1 fully saturated rings. The number of amides is 4. The second-order valence-corrected chi connectivity index (χ2v) is 9.13. The normalized spacial score (nSPS) is 17.3. The Morgan fingerprint density at radius 3 is 2.89 bits per heavy atom. The summed E-state index contributed by atoms with van der Waals surface area (Å²) >= 11 is 0. The lowest BCUT2D eigenvalue weighted by atomic mass is 10.0. The summed E-state index contributed by atoms with van der Waals surface area (Å²) in [6, 6.07) is 10.2. The van der Waals surface area contributed by atoms with E-state index in [1.807, 2.05) is 28.8 Å². The number of carbonyl (C=O) groups is 4. The van der Waals surface area contributed by atoms with Gasteiger partial charge in [0.1, 0.15) is 11.7 Å². The molecule has 12 nitrogen and oxygen atoms in total. The Morgan fingerprint density at radius 1 is 1.19 bits per heavy atom. The third kappa shape index (κ3) is 3.92. The second-order valence-electron chi connectivity index (χ2n) is 9.13. The van der Waals surface area contributed by atoms with Crippen molar-refractivity contribution >= 4 is 29.3 Å². The monoisotopic (exact) mass is 498 g/mol. The van der Waals surface area contributed by atoms with E-state index in [1.54, 1.807) is 42.5 Å². The van der Waals surface area contributed by atoms with E-state index in [-0.39, 0.29) is 36.4 Å². The van der Waals surface area contributed by atoms with Crippen LogP contribution < -0.4 is 5.32 Å². The first kappa shape index (κ1) is 22.6. The summed E-state index contributed by atoms with van der Waals surface area (Å²) in [5.74, 6) is -1.32. The van der Waals surface area contributed by atoms with E-state index in [0.29, 0.717) is 24.2 Å². The van der Waals surface area contributed by atoms with Gasteiger partial charge in [0.15, 0.2) is 5.69 Å². The maximum atomic E-state index is 13.0. The van der Waals surface area contributed by atoms with E-state index >= 15 is 0 Å². The summed E-state index contributed by atoms with van der Waals surface area (Å²) in [6.45, 7) is 0.588. The van der Waals surface area contributed by atoms with Crippen molar-refractivity contribution < 1.29 is 19.2 Å². The molecule has 1 N–H and O–H groups in total. The molecular weight excluding hydrogens is 476 g/mol. The van der Waals surface area contributed by atoms with Gasteiger partial charge < -0.3 is 14.2 Å². The highest BCUT2D eigenvalue weighted by atomic mass is 16.2. The van der Waals surface area contributed by atoms with Gasteiger partial charge in [0, 0.05) is 31.8 Å². The van der Waals surface area contributed by atoms with E-state index in [0.717, 1.165) is 16.9 Å². The molecule has 37 heavy (non-hydrogen) atoms. The fourth-order valence-corrected chi connectivity index (χ4v) is 4.80. The van der Waals surface area contributed by atoms with Crippen molar-refractivity contribution in [1.82, 2.24) is 39.5 Å². The zero-order chi connectivity index (χ0) is 25.7. The van der Waals surface area contributed by atoms with Crippen molar-refractivity contribution in [2.24, 2.45) is 0 Å². The number of aromatic nitrogens is 5. The van der Waals surface area contributed by atoms with E-state index in [2.05, 4.69) is 20.6 Å². The highest BCUT2D eigenvalue weighted by Crippen LogP contribution is 2.29. The van der Waals surface area contributed by atoms with Crippen LogP contribution in [0.3, 0.4) is 0 Å². The molecule has 0 radical (unpaired) electrons. The lowest BCUT2D eigenvalue weighted by Gasteiger charge is -2.29. The van der Waals surface area contributed by atoms with Crippen LogP contribution in [0.5, 0.6) is 0 Å². The van der Waals surface area contributed by atoms with Crippen molar-refractivity contribution in [3.05, 3.63) is 77.5 Å². The molecule has 186 valence electrons. The fourth-order valence-electron chi connectivity index (χ4n) is 4.80. The van der Waals surface area contributed by atoms with Gasteiger partial charge in [-0.05, 0) is 42.3 Å². The number of fused-ring (bicyclic) bond motifs is 2. The number of imide groups is 1. The molecule has 6 rings (SSSR count). The molecule has 1 unspecified atom stereocenters. The Kier molecular flexibility index (Phi) is 5.29. The average Bonchev–Trinajstić information content (AvgIpc) is 3.62. The van der Waals surface area contributed by atoms with Crippen molar-refractivity contribution in [2.75, 3.05) is 7.05 Å². The van der Waals surface area contributed by atoms with Gasteiger partial charge >= 0.3 is 0 Å². The third-order valence-electron chi connectivity index (χ3n) is 6.72. The smallest absolute Gasteiger partial charge is 0.276 e. The van der Waals surface area contributed by atoms with Gasteiger partial charge in [0.2, 0.25) is 11.8 Å². The van der Waals surface area contributed by atoms with E-state index in [4.69, 9.17) is 0 Å². The number of hydrogen-bond acceptors (Lipinski definition) is 7. The SMILES string of the molecule is CN(Cc1cnc2ccccn12)C(=O)c1cn(-c2ccc3c(c2)CN(C2CCC(=O)NC2=O)C3=O)nn1. The molecule has 4 amide bonds. The number of carbonyl (C=O) groups excluding carboxylic acids is 4. The lowest BCUT2D eigenvalue weighted by Crippen LogP contribution is -2.52. The Labute approximate surface area is 210 Å². The molecule has 12 heteroatoms. The number of benzene rings is 1. The summed E-state index contributed by atoms with van der Waals surface area (Å²) in [5.41, 5.74) is 3.71. The number of nitrogens with zero attached hydrogens (tertiary/aromatic N) is 7. The molecule has 4 aromatic rings. The minimum atomic E-state index is -0.680. The molecule has 0 spiro atoms. The second kappa shape index (κ2) is 8.66. The summed E-state index contributed by atoms with van der Waals surface area (Å²) in [5, 5.41) is 10.5. The van der Waals surface area contributed by atoms with Crippen LogP contribution in [0.25, 0.3) is 11.3 Å². The zero-order valence-corrected chi connectivity index (χ0v) is 19.9. The molecule has 2 aliphatic heterocycles. The molecule has 1 atom stereocenters. The van der Waals surface area contributed by atoms with Gasteiger partial charge in [-0.2, -0.15) is 0 Å². The summed E-state index contributed by atoms with van der Waals surface area (Å²) in [7, 11) is 1.69. The summed E-state index contributed by atoms with van der Waals surface area (Å²) in [4.78, 5) is 57.1. The molecule has 2 aliphatic rings. The highest BCUT2D eigenvalue weighted by molar-refractivity contribution is 6.05. The van der Waals surface area contributed by atoms with Crippen LogP contribution in [-0.4, -0.2) is 70.9 Å². The number of nitrogens with one attached hydrogen (secondary N) is 1. The molecule has 1 aromatic carbocycles. The zero-order valence-electron chi connectivity index (χ0n) is 19.9. The quantitative estimate of drug-likeness (QED) is 0.405. The molecule has 0 bridgehead atoms. The predicted octanol–water partition coefficient (Wildman–Crippen LogP) is 0.948. The molecule has 3 aromatic heterocycles. The molecule has 1 saturated heterocycles. The fraction of sp³-hybridized carbons (Fsp3) is 0.240. The predicted molar refractivity (Wildman–Crippen MR) is 128 cm³/mol. The first-order chi connectivity index (χ1) is 17.9. The van der Waals surface area contributed by atoms with Gasteiger partial charge in [0.05, 0.1) is 30.3 Å². The van der Waals surface area contributed by atoms with Crippen molar-refractivity contribution in [1.29, 1.82) is 0 Å². The van der Waals surface area contributed by atoms with E-state index < -0.39 is 11.9 Å².